The molecule has 1 saturated carbocycles. The molecule has 10 heteroatoms. The first kappa shape index (κ1) is 15.8. The molecule has 0 unspecified atom stereocenters. The van der Waals surface area contributed by atoms with Crippen LogP contribution >= 0.6 is 69.6 Å². The first-order valence-corrected chi connectivity index (χ1v) is 7.00. The van der Waals surface area contributed by atoms with Gasteiger partial charge >= 0.3 is 11.9 Å². The van der Waals surface area contributed by atoms with E-state index in [2.05, 4.69) is 0 Å². The van der Waals surface area contributed by atoms with Crippen molar-refractivity contribution in [3.05, 3.63) is 10.1 Å². The lowest BCUT2D eigenvalue weighted by molar-refractivity contribution is -0.153. The molecule has 2 bridgehead atoms. The van der Waals surface area contributed by atoms with Crippen molar-refractivity contribution < 1.29 is 19.8 Å². The highest BCUT2D eigenvalue weighted by Crippen LogP contribution is 2.76. The predicted octanol–water partition coefficient (Wildman–Crippen LogP) is 3.23. The third kappa shape index (κ3) is 1.46. The molecule has 4 atom stereocenters. The first-order chi connectivity index (χ1) is 8.45. The molecule has 4 nitrogen and oxygen atoms in total. The van der Waals surface area contributed by atoms with Crippen LogP contribution in [0, 0.1) is 11.8 Å². The number of carboxylic acids is 2. The Labute approximate surface area is 137 Å². The number of aliphatic carboxylic acids is 2. The van der Waals surface area contributed by atoms with E-state index in [0.717, 1.165) is 0 Å². The molecule has 0 spiro atoms. The summed E-state index contributed by atoms with van der Waals surface area (Å²) in [7, 11) is 0. The average Bonchev–Trinajstić information content (AvgIpc) is 2.48. The van der Waals surface area contributed by atoms with Crippen molar-refractivity contribution in [3.8, 4) is 0 Å². The van der Waals surface area contributed by atoms with Gasteiger partial charge in [-0.2, -0.15) is 0 Å². The molecule has 2 aliphatic carbocycles. The van der Waals surface area contributed by atoms with Crippen molar-refractivity contribution in [1.29, 1.82) is 0 Å². The summed E-state index contributed by atoms with van der Waals surface area (Å²) in [6, 6.07) is 0. The van der Waals surface area contributed by atoms with Crippen LogP contribution in [0.2, 0.25) is 0 Å². The molecule has 0 saturated heterocycles. The van der Waals surface area contributed by atoms with Crippen molar-refractivity contribution >= 4 is 81.5 Å². The zero-order valence-electron chi connectivity index (χ0n) is 8.63. The number of hydrogen-bond donors (Lipinski definition) is 2. The molecule has 1 fully saturated rings. The van der Waals surface area contributed by atoms with E-state index in [4.69, 9.17) is 69.6 Å². The third-order valence-electron chi connectivity index (χ3n) is 3.47. The van der Waals surface area contributed by atoms with Crippen LogP contribution in [0.5, 0.6) is 0 Å². The minimum atomic E-state index is -2.18. The van der Waals surface area contributed by atoms with E-state index in [1.165, 1.54) is 0 Å². The fourth-order valence-corrected chi connectivity index (χ4v) is 5.54. The van der Waals surface area contributed by atoms with E-state index in [1.54, 1.807) is 0 Å². The number of rotatable bonds is 2. The lowest BCUT2D eigenvalue weighted by Crippen LogP contribution is -2.45. The number of halogens is 6. The molecule has 2 aliphatic rings. The lowest BCUT2D eigenvalue weighted by Gasteiger charge is -2.31. The molecule has 0 aromatic rings. The zero-order valence-corrected chi connectivity index (χ0v) is 13.2. The van der Waals surface area contributed by atoms with Gasteiger partial charge in [-0.3, -0.25) is 9.59 Å². The Morgan fingerprint density at radius 3 is 1.32 bits per heavy atom. The molecule has 0 aromatic carbocycles. The topological polar surface area (TPSA) is 74.6 Å². The Bertz CT molecular complexity index is 487. The minimum Gasteiger partial charge on any atom is -0.481 e. The highest BCUT2D eigenvalue weighted by molar-refractivity contribution is 6.66. The van der Waals surface area contributed by atoms with Gasteiger partial charge < -0.3 is 10.2 Å². The average molecular weight is 389 g/mol. The smallest absolute Gasteiger partial charge is 0.309 e. The number of carbonyl (C=O) groups is 2. The van der Waals surface area contributed by atoms with Crippen LogP contribution in [0.4, 0.5) is 0 Å². The Morgan fingerprint density at radius 2 is 1.11 bits per heavy atom. The molecule has 106 valence electrons. The molecule has 2 N–H and O–H groups in total. The van der Waals surface area contributed by atoms with Gasteiger partial charge in [0.2, 0.25) is 0 Å². The molecule has 2 rings (SSSR count). The highest BCUT2D eigenvalue weighted by atomic mass is 35.5. The van der Waals surface area contributed by atoms with Crippen molar-refractivity contribution in [2.45, 2.75) is 14.1 Å². The molecule has 0 aromatic heterocycles. The molecule has 0 radical (unpaired) electrons. The van der Waals surface area contributed by atoms with E-state index < -0.39 is 37.9 Å². The highest BCUT2D eigenvalue weighted by Gasteiger charge is 2.85. The molecule has 0 aliphatic heterocycles. The second-order valence-corrected chi connectivity index (χ2v) is 7.53. The van der Waals surface area contributed by atoms with Crippen molar-refractivity contribution in [3.63, 3.8) is 0 Å². The number of fused-ring (bicyclic) bond motifs is 2. The van der Waals surface area contributed by atoms with E-state index in [0.29, 0.717) is 0 Å². The zero-order chi connectivity index (χ0) is 15.0. The Hall–Kier alpha value is 0.420. The monoisotopic (exact) mass is 386 g/mol. The summed E-state index contributed by atoms with van der Waals surface area (Å²) in [4.78, 5) is 18.5. The lowest BCUT2D eigenvalue weighted by atomic mass is 9.82. The summed E-state index contributed by atoms with van der Waals surface area (Å²) in [6.45, 7) is 0. The van der Waals surface area contributed by atoms with Gasteiger partial charge in [-0.05, 0) is 0 Å². The quantitative estimate of drug-likeness (QED) is 0.712. The first-order valence-electron chi connectivity index (χ1n) is 4.73. The van der Waals surface area contributed by atoms with Crippen molar-refractivity contribution in [2.75, 3.05) is 0 Å². The third-order valence-corrected chi connectivity index (χ3v) is 7.73. The molecule has 0 amide bonds. The van der Waals surface area contributed by atoms with Crippen LogP contribution in [0.15, 0.2) is 10.1 Å². The van der Waals surface area contributed by atoms with Crippen molar-refractivity contribution in [1.82, 2.24) is 0 Å². The van der Waals surface area contributed by atoms with Gasteiger partial charge in [-0.1, -0.05) is 46.4 Å². The fourth-order valence-electron chi connectivity index (χ4n) is 2.61. The number of carboxylic acid groups (broad SMARTS) is 2. The van der Waals surface area contributed by atoms with Gasteiger partial charge in [0, 0.05) is 0 Å². The second kappa shape index (κ2) is 4.21. The number of alkyl halides is 4. The summed E-state index contributed by atoms with van der Waals surface area (Å²) < 4.78 is -2.18. The van der Waals surface area contributed by atoms with E-state index in [9.17, 15) is 19.8 Å². The molecular formula is C9H4Cl6O4. The van der Waals surface area contributed by atoms with Crippen LogP contribution in [-0.4, -0.2) is 36.2 Å². The van der Waals surface area contributed by atoms with Crippen LogP contribution in [0.1, 0.15) is 0 Å². The maximum atomic E-state index is 11.3. The van der Waals surface area contributed by atoms with Crippen LogP contribution in [0.3, 0.4) is 0 Å². The van der Waals surface area contributed by atoms with Crippen LogP contribution in [0.25, 0.3) is 0 Å². The van der Waals surface area contributed by atoms with E-state index >= 15 is 0 Å². The summed E-state index contributed by atoms with van der Waals surface area (Å²) in [5, 5.41) is 17.8. The van der Waals surface area contributed by atoms with Gasteiger partial charge in [0.25, 0.3) is 0 Å². The van der Waals surface area contributed by atoms with Gasteiger partial charge in [0.1, 0.15) is 9.75 Å². The van der Waals surface area contributed by atoms with E-state index in [-0.39, 0.29) is 10.1 Å². The summed E-state index contributed by atoms with van der Waals surface area (Å²) in [5.41, 5.74) is 0. The van der Waals surface area contributed by atoms with Crippen molar-refractivity contribution in [2.24, 2.45) is 11.8 Å². The summed E-state index contributed by atoms with van der Waals surface area (Å²) >= 11 is 36.2. The van der Waals surface area contributed by atoms with Crippen LogP contribution < -0.4 is 0 Å². The molecule has 19 heavy (non-hydrogen) atoms. The van der Waals surface area contributed by atoms with Gasteiger partial charge in [0.15, 0.2) is 4.33 Å². The summed E-state index contributed by atoms with van der Waals surface area (Å²) in [6.07, 6.45) is 0. The Morgan fingerprint density at radius 1 is 0.842 bits per heavy atom. The SMILES string of the molecule is O=C(O)[C@@H]1[C@H](C(=O)O)[C@]2(Cl)C(Cl)=C(Cl)[C@]1(Cl)C2(Cl)Cl. The molecule has 0 heterocycles. The van der Waals surface area contributed by atoms with Gasteiger partial charge in [-0.15, -0.1) is 23.2 Å². The molecular weight excluding hydrogens is 385 g/mol. The minimum absolute atomic E-state index is 0.347. The maximum absolute atomic E-state index is 11.3. The number of hydrogen-bond acceptors (Lipinski definition) is 2. The van der Waals surface area contributed by atoms with Gasteiger partial charge in [-0.25, -0.2) is 0 Å². The summed E-state index contributed by atoms with van der Waals surface area (Å²) in [5.74, 6) is -6.49. The standard InChI is InChI=1S/C9H4Cl6O4/c10-3-4(11)8(13)2(6(18)19)1(5(16)17)7(3,12)9(8,14)15/h1-2H,(H,16,17)(H,18,19)/t1-,2+,7-,8-/m0/s1. The van der Waals surface area contributed by atoms with E-state index in [1.807, 2.05) is 0 Å². The Balaban J connectivity index is 2.84. The van der Waals surface area contributed by atoms with Gasteiger partial charge in [0.05, 0.1) is 21.9 Å². The van der Waals surface area contributed by atoms with Crippen LogP contribution in [-0.2, 0) is 9.59 Å². The fraction of sp³-hybridized carbons (Fsp3) is 0.556. The number of allylic oxidation sites excluding steroid dienone is 2. The maximum Gasteiger partial charge on any atom is 0.309 e. The predicted molar refractivity (Wildman–Crippen MR) is 72.6 cm³/mol. The largest absolute Gasteiger partial charge is 0.481 e. The Kier molecular flexibility index (Phi) is 3.50. The normalized spacial score (nSPS) is 43.7. The second-order valence-electron chi connectivity index (χ2n) is 4.26.